The van der Waals surface area contributed by atoms with E-state index in [0.29, 0.717) is 43.5 Å². The third-order valence-electron chi connectivity index (χ3n) is 6.28. The van der Waals surface area contributed by atoms with Crippen LogP contribution in [0.5, 0.6) is 0 Å². The van der Waals surface area contributed by atoms with Crippen molar-refractivity contribution >= 4 is 50.9 Å². The fraction of sp³-hybridized carbons (Fsp3) is 0.231. The molecular weight excluding hydrogens is 492 g/mol. The molecule has 0 fully saturated rings. The topological polar surface area (TPSA) is 147 Å². The number of nitrogens with zero attached hydrogens (tertiary/aromatic N) is 3. The zero-order chi connectivity index (χ0) is 26.1. The molecule has 5 rings (SSSR count). The van der Waals surface area contributed by atoms with Gasteiger partial charge in [-0.05, 0) is 42.7 Å². The van der Waals surface area contributed by atoms with Gasteiger partial charge >= 0.3 is 0 Å². The summed E-state index contributed by atoms with van der Waals surface area (Å²) in [6.45, 7) is 4.54. The molecule has 0 radical (unpaired) electrons. The minimum atomic E-state index is -0.632. The first kappa shape index (κ1) is 24.3. The highest BCUT2D eigenvalue weighted by molar-refractivity contribution is 7.21. The Morgan fingerprint density at radius 1 is 1.19 bits per heavy atom. The molecular formula is C26H24N6O4S. The van der Waals surface area contributed by atoms with E-state index in [1.54, 1.807) is 17.0 Å². The van der Waals surface area contributed by atoms with E-state index in [9.17, 15) is 19.2 Å². The van der Waals surface area contributed by atoms with Gasteiger partial charge in [-0.3, -0.25) is 19.2 Å². The van der Waals surface area contributed by atoms with E-state index in [4.69, 9.17) is 10.7 Å². The Morgan fingerprint density at radius 2 is 2.00 bits per heavy atom. The van der Waals surface area contributed by atoms with Crippen LogP contribution in [0.3, 0.4) is 0 Å². The molecule has 10 nitrogen and oxygen atoms in total. The van der Waals surface area contributed by atoms with Crippen molar-refractivity contribution in [2.45, 2.75) is 25.8 Å². The van der Waals surface area contributed by atoms with Gasteiger partial charge in [-0.2, -0.15) is 5.10 Å². The summed E-state index contributed by atoms with van der Waals surface area (Å²) in [7, 11) is 0. The average Bonchev–Trinajstić information content (AvgIpc) is 3.58. The summed E-state index contributed by atoms with van der Waals surface area (Å²) >= 11 is 1.45. The lowest BCUT2D eigenvalue weighted by molar-refractivity contribution is -0.119. The number of carbonyl (C=O) groups is 4. The maximum Gasteiger partial charge on any atom is 0.254 e. The molecule has 1 aromatic heterocycles. The predicted octanol–water partition coefficient (Wildman–Crippen LogP) is 2.35. The summed E-state index contributed by atoms with van der Waals surface area (Å²) in [6.07, 6.45) is 1.65. The molecule has 37 heavy (non-hydrogen) atoms. The Labute approximate surface area is 216 Å². The molecule has 2 aromatic carbocycles. The lowest BCUT2D eigenvalue weighted by Gasteiger charge is -2.15. The fourth-order valence-electron chi connectivity index (χ4n) is 4.35. The van der Waals surface area contributed by atoms with Crippen LogP contribution >= 0.6 is 11.3 Å². The number of hydrogen-bond acceptors (Lipinski definition) is 7. The number of hydrazone groups is 1. The van der Waals surface area contributed by atoms with Crippen LogP contribution in [0.25, 0.3) is 20.8 Å². The first-order valence-electron chi connectivity index (χ1n) is 11.7. The standard InChI is InChI=1S/C26H24N6O4S/c1-14(23(27)34)12-32-13-19-17(5-2-6-18(19)26(32)36)25-29-20-8-7-15(10-21(20)37-25)24(35)28-9-3-4-16-11-22(33)31-30-16/h2,5-8,10H,1,3-4,9,11-13H2,(H2,27,34)(H,28,35)(H,31,33). The number of primary amides is 1. The number of benzene rings is 2. The number of fused-ring (bicyclic) bond motifs is 2. The van der Waals surface area contributed by atoms with Crippen molar-refractivity contribution < 1.29 is 19.2 Å². The molecule has 3 aromatic rings. The van der Waals surface area contributed by atoms with Gasteiger partial charge < -0.3 is 16.0 Å². The van der Waals surface area contributed by atoms with Gasteiger partial charge in [0, 0.05) is 41.1 Å². The second-order valence-corrected chi connectivity index (χ2v) is 9.94. The number of amides is 4. The average molecular weight is 517 g/mol. The van der Waals surface area contributed by atoms with Gasteiger partial charge in [-0.1, -0.05) is 18.7 Å². The smallest absolute Gasteiger partial charge is 0.254 e. The van der Waals surface area contributed by atoms with Crippen molar-refractivity contribution in [2.24, 2.45) is 10.8 Å². The molecule has 0 saturated heterocycles. The lowest BCUT2D eigenvalue weighted by Crippen LogP contribution is -2.30. The van der Waals surface area contributed by atoms with E-state index >= 15 is 0 Å². The van der Waals surface area contributed by atoms with E-state index in [2.05, 4.69) is 22.4 Å². The van der Waals surface area contributed by atoms with Gasteiger partial charge in [0.15, 0.2) is 0 Å². The normalized spacial score (nSPS) is 14.5. The molecule has 2 aliphatic rings. The molecule has 0 spiro atoms. The highest BCUT2D eigenvalue weighted by Crippen LogP contribution is 2.37. The van der Waals surface area contributed by atoms with Crippen molar-refractivity contribution in [1.29, 1.82) is 0 Å². The molecule has 0 atom stereocenters. The lowest BCUT2D eigenvalue weighted by atomic mass is 10.0. The van der Waals surface area contributed by atoms with Crippen molar-refractivity contribution in [3.63, 3.8) is 0 Å². The molecule has 0 bridgehead atoms. The van der Waals surface area contributed by atoms with Crippen LogP contribution in [0, 0.1) is 0 Å². The van der Waals surface area contributed by atoms with Crippen molar-refractivity contribution in [3.8, 4) is 10.6 Å². The summed E-state index contributed by atoms with van der Waals surface area (Å²) in [5, 5.41) is 7.61. The maximum atomic E-state index is 12.9. The Morgan fingerprint density at radius 3 is 2.76 bits per heavy atom. The van der Waals surface area contributed by atoms with E-state index in [1.807, 2.05) is 24.3 Å². The highest BCUT2D eigenvalue weighted by atomic mass is 32.1. The molecule has 188 valence electrons. The van der Waals surface area contributed by atoms with Gasteiger partial charge in [0.1, 0.15) is 5.01 Å². The largest absolute Gasteiger partial charge is 0.366 e. The number of nitrogens with one attached hydrogen (secondary N) is 2. The van der Waals surface area contributed by atoms with Gasteiger partial charge in [0.05, 0.1) is 23.2 Å². The van der Waals surface area contributed by atoms with E-state index in [0.717, 1.165) is 32.1 Å². The third kappa shape index (κ3) is 4.98. The predicted molar refractivity (Wildman–Crippen MR) is 140 cm³/mol. The van der Waals surface area contributed by atoms with Crippen LogP contribution in [0.4, 0.5) is 0 Å². The van der Waals surface area contributed by atoms with Crippen LogP contribution in [-0.4, -0.2) is 52.3 Å². The SMILES string of the molecule is C=C(CN1Cc2c(cccc2-c2nc3ccc(C(=O)NCCCC4=NNC(=O)C4)cc3s2)C1=O)C(N)=O. The number of aromatic nitrogens is 1. The van der Waals surface area contributed by atoms with Gasteiger partial charge in [0.25, 0.3) is 11.8 Å². The van der Waals surface area contributed by atoms with Crippen molar-refractivity contribution in [1.82, 2.24) is 20.6 Å². The molecule has 2 aliphatic heterocycles. The summed E-state index contributed by atoms with van der Waals surface area (Å²) in [5.74, 6) is -1.10. The first-order valence-corrected chi connectivity index (χ1v) is 12.5. The highest BCUT2D eigenvalue weighted by Gasteiger charge is 2.31. The molecule has 11 heteroatoms. The quantitative estimate of drug-likeness (QED) is 0.295. The molecule has 0 unspecified atom stereocenters. The monoisotopic (exact) mass is 516 g/mol. The number of thiazole rings is 1. The number of carbonyl (C=O) groups excluding carboxylic acids is 4. The number of hydrogen-bond donors (Lipinski definition) is 3. The molecule has 3 heterocycles. The van der Waals surface area contributed by atoms with E-state index in [-0.39, 0.29) is 29.8 Å². The summed E-state index contributed by atoms with van der Waals surface area (Å²) < 4.78 is 0.855. The fourth-order valence-corrected chi connectivity index (χ4v) is 5.41. The zero-order valence-electron chi connectivity index (χ0n) is 19.9. The van der Waals surface area contributed by atoms with E-state index < -0.39 is 5.91 Å². The van der Waals surface area contributed by atoms with Crippen molar-refractivity contribution in [2.75, 3.05) is 13.1 Å². The van der Waals surface area contributed by atoms with Crippen molar-refractivity contribution in [3.05, 3.63) is 65.2 Å². The number of nitrogens with two attached hydrogens (primary N) is 1. The minimum Gasteiger partial charge on any atom is -0.366 e. The van der Waals surface area contributed by atoms with Crippen LogP contribution in [-0.2, 0) is 16.1 Å². The maximum absolute atomic E-state index is 12.9. The van der Waals surface area contributed by atoms with Crippen LogP contribution in [0.15, 0.2) is 53.7 Å². The van der Waals surface area contributed by atoms with Crippen LogP contribution in [0.1, 0.15) is 45.5 Å². The van der Waals surface area contributed by atoms with Gasteiger partial charge in [-0.25, -0.2) is 10.4 Å². The third-order valence-corrected chi connectivity index (χ3v) is 7.34. The van der Waals surface area contributed by atoms with Gasteiger partial charge in [-0.15, -0.1) is 11.3 Å². The summed E-state index contributed by atoms with van der Waals surface area (Å²) in [5.41, 5.74) is 12.2. The number of rotatable bonds is 9. The van der Waals surface area contributed by atoms with E-state index in [1.165, 1.54) is 11.3 Å². The first-order chi connectivity index (χ1) is 17.8. The Balaban J connectivity index is 1.29. The molecule has 0 saturated carbocycles. The Hall–Kier alpha value is -4.38. The van der Waals surface area contributed by atoms with Gasteiger partial charge in [0.2, 0.25) is 11.8 Å². The molecule has 4 amide bonds. The van der Waals surface area contributed by atoms with Crippen LogP contribution < -0.4 is 16.5 Å². The van der Waals surface area contributed by atoms with Crippen LogP contribution in [0.2, 0.25) is 0 Å². The molecule has 4 N–H and O–H groups in total. The summed E-state index contributed by atoms with van der Waals surface area (Å²) in [6, 6.07) is 10.9. The minimum absolute atomic E-state index is 0.0731. The Kier molecular flexibility index (Phi) is 6.53. The summed E-state index contributed by atoms with van der Waals surface area (Å²) in [4.78, 5) is 54.4. The second-order valence-electron chi connectivity index (χ2n) is 8.91. The zero-order valence-corrected chi connectivity index (χ0v) is 20.7. The second kappa shape index (κ2) is 9.94. The Bertz CT molecular complexity index is 1510. The molecule has 0 aliphatic carbocycles.